The van der Waals surface area contributed by atoms with Gasteiger partial charge in [0.2, 0.25) is 0 Å². The molecule has 7 heteroatoms. The highest BCUT2D eigenvalue weighted by atomic mass is 79.9. The van der Waals surface area contributed by atoms with Gasteiger partial charge in [-0.15, -0.1) is 10.2 Å². The van der Waals surface area contributed by atoms with E-state index in [0.29, 0.717) is 11.1 Å². The van der Waals surface area contributed by atoms with Crippen molar-refractivity contribution >= 4 is 30.0 Å². The molecule has 0 radical (unpaired) electrons. The summed E-state index contributed by atoms with van der Waals surface area (Å²) in [4.78, 5) is 11.7. The summed E-state index contributed by atoms with van der Waals surface area (Å²) in [6.45, 7) is 7.01. The number of hydrogen-bond donors (Lipinski definition) is 0. The highest BCUT2D eigenvalue weighted by Gasteiger charge is 2.18. The molecule has 0 fully saturated rings. The lowest BCUT2D eigenvalue weighted by Gasteiger charge is -2.15. The molecule has 0 aliphatic heterocycles. The fourth-order valence-corrected chi connectivity index (χ4v) is 2.25. The van der Waals surface area contributed by atoms with Gasteiger partial charge in [-0.2, -0.15) is 5.26 Å². The van der Waals surface area contributed by atoms with Crippen LogP contribution >= 0.6 is 15.9 Å². The van der Waals surface area contributed by atoms with Crippen LogP contribution in [0, 0.1) is 11.3 Å². The number of esters is 1. The quantitative estimate of drug-likeness (QED) is 0.627. The zero-order chi connectivity index (χ0) is 13.8. The fraction of sp³-hybridized carbons (Fsp3) is 0.455. The zero-order valence-electron chi connectivity index (χ0n) is 10.5. The SMILES string of the molecule is C[Si](C)(C)CCOC(=O)c1nnc(C#N)cc1Br. The number of nitrogens with zero attached hydrogens (tertiary/aromatic N) is 3. The third kappa shape index (κ3) is 4.54. The van der Waals surface area contributed by atoms with Gasteiger partial charge < -0.3 is 4.74 Å². The molecule has 0 aliphatic rings. The monoisotopic (exact) mass is 327 g/mol. The highest BCUT2D eigenvalue weighted by Crippen LogP contribution is 2.16. The molecule has 5 nitrogen and oxygen atoms in total. The Kier molecular flexibility index (Phi) is 4.99. The Morgan fingerprint density at radius 2 is 2.17 bits per heavy atom. The Bertz CT molecular complexity index is 494. The molecule has 0 saturated carbocycles. The van der Waals surface area contributed by atoms with Gasteiger partial charge in [0, 0.05) is 8.07 Å². The van der Waals surface area contributed by atoms with Crippen molar-refractivity contribution in [1.82, 2.24) is 10.2 Å². The van der Waals surface area contributed by atoms with Crippen LogP contribution in [0.5, 0.6) is 0 Å². The van der Waals surface area contributed by atoms with Crippen LogP contribution in [0.1, 0.15) is 16.2 Å². The maximum atomic E-state index is 11.7. The van der Waals surface area contributed by atoms with Crippen LogP contribution in [-0.4, -0.2) is 30.8 Å². The number of hydrogen-bond acceptors (Lipinski definition) is 5. The molecule has 0 aliphatic carbocycles. The van der Waals surface area contributed by atoms with E-state index < -0.39 is 14.0 Å². The van der Waals surface area contributed by atoms with Crippen molar-refractivity contribution in [2.24, 2.45) is 0 Å². The predicted molar refractivity (Wildman–Crippen MR) is 72.9 cm³/mol. The molecule has 18 heavy (non-hydrogen) atoms. The molecule has 0 aromatic carbocycles. The fourth-order valence-electron chi connectivity index (χ4n) is 1.08. The number of halogens is 1. The van der Waals surface area contributed by atoms with Gasteiger partial charge in [-0.1, -0.05) is 19.6 Å². The molecule has 1 rings (SSSR count). The third-order valence-electron chi connectivity index (χ3n) is 2.14. The molecule has 1 aromatic heterocycles. The van der Waals surface area contributed by atoms with E-state index in [0.717, 1.165) is 6.04 Å². The van der Waals surface area contributed by atoms with E-state index in [1.165, 1.54) is 6.07 Å². The van der Waals surface area contributed by atoms with Crippen LogP contribution in [0.4, 0.5) is 0 Å². The molecular weight excluding hydrogens is 314 g/mol. The van der Waals surface area contributed by atoms with Gasteiger partial charge >= 0.3 is 5.97 Å². The van der Waals surface area contributed by atoms with E-state index in [1.807, 2.05) is 6.07 Å². The Balaban J connectivity index is 2.65. The Morgan fingerprint density at radius 1 is 1.50 bits per heavy atom. The van der Waals surface area contributed by atoms with Crippen LogP contribution in [0.3, 0.4) is 0 Å². The van der Waals surface area contributed by atoms with Gasteiger partial charge in [-0.05, 0) is 28.0 Å². The van der Waals surface area contributed by atoms with Gasteiger partial charge in [0.1, 0.15) is 6.07 Å². The van der Waals surface area contributed by atoms with Gasteiger partial charge in [-0.3, -0.25) is 0 Å². The van der Waals surface area contributed by atoms with Gasteiger partial charge in [-0.25, -0.2) is 4.79 Å². The van der Waals surface area contributed by atoms with Crippen molar-refractivity contribution < 1.29 is 9.53 Å². The summed E-state index contributed by atoms with van der Waals surface area (Å²) in [6.07, 6.45) is 0. The average molecular weight is 328 g/mol. The van der Waals surface area contributed by atoms with E-state index in [1.54, 1.807) is 0 Å². The second-order valence-electron chi connectivity index (χ2n) is 4.98. The first-order valence-corrected chi connectivity index (χ1v) is 9.94. The third-order valence-corrected chi connectivity index (χ3v) is 4.45. The zero-order valence-corrected chi connectivity index (χ0v) is 13.1. The lowest BCUT2D eigenvalue weighted by Crippen LogP contribution is -2.23. The lowest BCUT2D eigenvalue weighted by atomic mass is 10.3. The molecule has 0 saturated heterocycles. The van der Waals surface area contributed by atoms with Crippen molar-refractivity contribution in [3.8, 4) is 6.07 Å². The standard InChI is InChI=1S/C11H14BrN3O2Si/c1-18(2,3)5-4-17-11(16)10-9(12)6-8(7-13)14-15-10/h6H,4-5H2,1-3H3. The molecule has 96 valence electrons. The second kappa shape index (κ2) is 6.07. The number of rotatable bonds is 4. The van der Waals surface area contributed by atoms with E-state index >= 15 is 0 Å². The summed E-state index contributed by atoms with van der Waals surface area (Å²) >= 11 is 3.17. The largest absolute Gasteiger partial charge is 0.461 e. The molecule has 0 unspecified atom stereocenters. The first-order chi connectivity index (χ1) is 8.33. The first-order valence-electron chi connectivity index (χ1n) is 5.44. The van der Waals surface area contributed by atoms with Gasteiger partial charge in [0.15, 0.2) is 11.4 Å². The van der Waals surface area contributed by atoms with E-state index in [-0.39, 0.29) is 11.4 Å². The van der Waals surface area contributed by atoms with Crippen LogP contribution < -0.4 is 0 Å². The molecule has 1 heterocycles. The normalized spacial score (nSPS) is 10.8. The minimum absolute atomic E-state index is 0.101. The summed E-state index contributed by atoms with van der Waals surface area (Å²) < 4.78 is 5.56. The Hall–Kier alpha value is -1.26. The van der Waals surface area contributed by atoms with E-state index in [4.69, 9.17) is 10.00 Å². The number of carbonyl (C=O) groups is 1. The molecule has 0 amide bonds. The molecule has 0 spiro atoms. The van der Waals surface area contributed by atoms with Gasteiger partial charge in [0.05, 0.1) is 11.1 Å². The predicted octanol–water partition coefficient (Wildman–Crippen LogP) is 2.61. The smallest absolute Gasteiger partial charge is 0.360 e. The van der Waals surface area contributed by atoms with Gasteiger partial charge in [0.25, 0.3) is 0 Å². The molecular formula is C11H14BrN3O2Si. The summed E-state index contributed by atoms with van der Waals surface area (Å²) in [6, 6.07) is 4.20. The lowest BCUT2D eigenvalue weighted by molar-refractivity contribution is 0.0515. The molecule has 0 atom stereocenters. The van der Waals surface area contributed by atoms with Crippen molar-refractivity contribution in [3.63, 3.8) is 0 Å². The molecule has 0 N–H and O–H groups in total. The van der Waals surface area contributed by atoms with Crippen LogP contribution in [0.2, 0.25) is 25.7 Å². The summed E-state index contributed by atoms with van der Waals surface area (Å²) in [5.41, 5.74) is 0.255. The summed E-state index contributed by atoms with van der Waals surface area (Å²) in [7, 11) is -1.22. The van der Waals surface area contributed by atoms with Crippen molar-refractivity contribution in [2.75, 3.05) is 6.61 Å². The highest BCUT2D eigenvalue weighted by molar-refractivity contribution is 9.10. The van der Waals surface area contributed by atoms with E-state index in [2.05, 4.69) is 45.8 Å². The Labute approximate surface area is 115 Å². The number of aromatic nitrogens is 2. The van der Waals surface area contributed by atoms with Crippen molar-refractivity contribution in [3.05, 3.63) is 21.9 Å². The number of nitriles is 1. The maximum absolute atomic E-state index is 11.7. The Morgan fingerprint density at radius 3 is 2.67 bits per heavy atom. The van der Waals surface area contributed by atoms with Crippen LogP contribution in [-0.2, 0) is 4.74 Å². The van der Waals surface area contributed by atoms with E-state index in [9.17, 15) is 4.79 Å². The summed E-state index contributed by atoms with van der Waals surface area (Å²) in [5, 5.41) is 15.9. The summed E-state index contributed by atoms with van der Waals surface area (Å²) in [5.74, 6) is -0.517. The van der Waals surface area contributed by atoms with Crippen LogP contribution in [0.25, 0.3) is 0 Å². The maximum Gasteiger partial charge on any atom is 0.360 e. The molecule has 0 bridgehead atoms. The average Bonchev–Trinajstić information content (AvgIpc) is 2.26. The van der Waals surface area contributed by atoms with Crippen molar-refractivity contribution in [2.45, 2.75) is 25.7 Å². The molecule has 1 aromatic rings. The van der Waals surface area contributed by atoms with Crippen molar-refractivity contribution in [1.29, 1.82) is 5.26 Å². The second-order valence-corrected chi connectivity index (χ2v) is 11.5. The van der Waals surface area contributed by atoms with Crippen LogP contribution in [0.15, 0.2) is 10.5 Å². The number of carbonyl (C=O) groups excluding carboxylic acids is 1. The number of ether oxygens (including phenoxy) is 1. The first kappa shape index (κ1) is 14.8. The topological polar surface area (TPSA) is 75.9 Å². The minimum Gasteiger partial charge on any atom is -0.461 e. The minimum atomic E-state index is -1.22.